The van der Waals surface area contributed by atoms with Gasteiger partial charge in [-0.05, 0) is 24.8 Å². The van der Waals surface area contributed by atoms with E-state index in [2.05, 4.69) is 0 Å². The van der Waals surface area contributed by atoms with Crippen molar-refractivity contribution in [2.45, 2.75) is 25.7 Å². The molecule has 5 nitrogen and oxygen atoms in total. The van der Waals surface area contributed by atoms with Crippen LogP contribution in [0.2, 0.25) is 0 Å². The Morgan fingerprint density at radius 2 is 1.81 bits per heavy atom. The van der Waals surface area contributed by atoms with E-state index in [4.69, 9.17) is 15.9 Å². The number of carbonyl (C=O) groups excluding carboxylic acids is 1. The van der Waals surface area contributed by atoms with Crippen LogP contribution in [0.1, 0.15) is 25.7 Å². The van der Waals surface area contributed by atoms with Crippen molar-refractivity contribution in [2.24, 2.45) is 11.1 Å². The number of hydrogen-bond donors (Lipinski definition) is 3. The molecule has 1 aliphatic carbocycles. The third kappa shape index (κ3) is 3.17. The van der Waals surface area contributed by atoms with Crippen molar-refractivity contribution in [3.05, 3.63) is 0 Å². The Labute approximate surface area is 96.2 Å². The number of nitrogens with zero attached hydrogens (tertiary/aromatic N) is 1. The highest BCUT2D eigenvalue weighted by molar-refractivity contribution is 5.77. The first kappa shape index (κ1) is 13.4. The summed E-state index contributed by atoms with van der Waals surface area (Å²) in [5, 5.41) is 17.7. The van der Waals surface area contributed by atoms with Gasteiger partial charge in [0.25, 0.3) is 0 Å². The average Bonchev–Trinajstić information content (AvgIpc) is 2.23. The molecule has 1 amide bonds. The van der Waals surface area contributed by atoms with Crippen LogP contribution in [0.3, 0.4) is 0 Å². The van der Waals surface area contributed by atoms with E-state index in [9.17, 15) is 4.79 Å². The monoisotopic (exact) mass is 230 g/mol. The zero-order valence-corrected chi connectivity index (χ0v) is 9.69. The maximum absolute atomic E-state index is 11.9. The van der Waals surface area contributed by atoms with Gasteiger partial charge in [0.05, 0.1) is 13.2 Å². The SMILES string of the molecule is NCC1(CC(=O)N(CCO)CCO)CCC1. The van der Waals surface area contributed by atoms with Crippen LogP contribution in [-0.2, 0) is 4.79 Å². The lowest BCUT2D eigenvalue weighted by atomic mass is 9.66. The summed E-state index contributed by atoms with van der Waals surface area (Å²) in [4.78, 5) is 13.4. The standard InChI is InChI=1S/C11H22N2O3/c12-9-11(2-1-3-11)8-10(16)13(4-6-14)5-7-15/h14-15H,1-9,12H2. The maximum Gasteiger partial charge on any atom is 0.223 e. The second-order valence-electron chi connectivity index (χ2n) is 4.56. The number of aliphatic hydroxyl groups excluding tert-OH is 2. The fourth-order valence-corrected chi connectivity index (χ4v) is 2.17. The van der Waals surface area contributed by atoms with Gasteiger partial charge in [0.15, 0.2) is 0 Å². The molecule has 1 rings (SSSR count). The first-order valence-corrected chi connectivity index (χ1v) is 5.87. The summed E-state index contributed by atoms with van der Waals surface area (Å²) in [6.07, 6.45) is 3.62. The van der Waals surface area contributed by atoms with E-state index in [0.717, 1.165) is 19.3 Å². The molecule has 0 spiro atoms. The van der Waals surface area contributed by atoms with Gasteiger partial charge in [-0.15, -0.1) is 0 Å². The van der Waals surface area contributed by atoms with Gasteiger partial charge < -0.3 is 20.8 Å². The van der Waals surface area contributed by atoms with E-state index in [1.165, 1.54) is 4.90 Å². The molecule has 4 N–H and O–H groups in total. The Hall–Kier alpha value is -0.650. The summed E-state index contributed by atoms with van der Waals surface area (Å²) in [6, 6.07) is 0. The molecule has 16 heavy (non-hydrogen) atoms. The Kier molecular flexibility index (Phi) is 5.18. The van der Waals surface area contributed by atoms with E-state index in [0.29, 0.717) is 26.1 Å². The molecule has 0 saturated heterocycles. The summed E-state index contributed by atoms with van der Waals surface area (Å²) in [5.74, 6) is -0.00625. The molecule has 0 aromatic heterocycles. The molecule has 94 valence electrons. The molecule has 1 saturated carbocycles. The van der Waals surface area contributed by atoms with Crippen LogP contribution in [0, 0.1) is 5.41 Å². The molecule has 1 aliphatic rings. The minimum atomic E-state index is -0.0681. The zero-order valence-electron chi connectivity index (χ0n) is 9.69. The minimum Gasteiger partial charge on any atom is -0.395 e. The third-order valence-corrected chi connectivity index (χ3v) is 3.47. The van der Waals surface area contributed by atoms with E-state index in [-0.39, 0.29) is 24.5 Å². The second-order valence-corrected chi connectivity index (χ2v) is 4.56. The Balaban J connectivity index is 2.47. The van der Waals surface area contributed by atoms with Gasteiger partial charge in [-0.3, -0.25) is 4.79 Å². The van der Waals surface area contributed by atoms with Gasteiger partial charge >= 0.3 is 0 Å². The molecule has 0 aliphatic heterocycles. The topological polar surface area (TPSA) is 86.8 Å². The molecule has 0 aromatic carbocycles. The maximum atomic E-state index is 11.9. The predicted octanol–water partition coefficient (Wildman–Crippen LogP) is -0.681. The Morgan fingerprint density at radius 1 is 1.25 bits per heavy atom. The first-order valence-electron chi connectivity index (χ1n) is 5.87. The van der Waals surface area contributed by atoms with Crippen LogP contribution in [0.4, 0.5) is 0 Å². The molecule has 1 fully saturated rings. The average molecular weight is 230 g/mol. The molecular weight excluding hydrogens is 208 g/mol. The second kappa shape index (κ2) is 6.18. The van der Waals surface area contributed by atoms with Crippen LogP contribution < -0.4 is 5.73 Å². The van der Waals surface area contributed by atoms with Crippen LogP contribution in [0.15, 0.2) is 0 Å². The van der Waals surface area contributed by atoms with Gasteiger partial charge in [-0.25, -0.2) is 0 Å². The molecule has 0 bridgehead atoms. The summed E-state index contributed by atoms with van der Waals surface area (Å²) < 4.78 is 0. The molecule has 0 unspecified atom stereocenters. The predicted molar refractivity (Wildman–Crippen MR) is 60.7 cm³/mol. The highest BCUT2D eigenvalue weighted by Gasteiger charge is 2.38. The smallest absolute Gasteiger partial charge is 0.223 e. The highest BCUT2D eigenvalue weighted by atomic mass is 16.3. The quantitative estimate of drug-likeness (QED) is 0.541. The van der Waals surface area contributed by atoms with Crippen LogP contribution >= 0.6 is 0 Å². The number of aliphatic hydroxyl groups is 2. The summed E-state index contributed by atoms with van der Waals surface area (Å²) in [6.45, 7) is 0.994. The highest BCUT2D eigenvalue weighted by Crippen LogP contribution is 2.43. The van der Waals surface area contributed by atoms with Crippen LogP contribution in [0.5, 0.6) is 0 Å². The lowest BCUT2D eigenvalue weighted by Crippen LogP contribution is -2.44. The minimum absolute atomic E-state index is 0.00625. The lowest BCUT2D eigenvalue weighted by Gasteiger charge is -2.41. The lowest BCUT2D eigenvalue weighted by molar-refractivity contribution is -0.136. The van der Waals surface area contributed by atoms with Crippen molar-refractivity contribution in [3.8, 4) is 0 Å². The normalized spacial score (nSPS) is 17.9. The number of hydrogen-bond acceptors (Lipinski definition) is 4. The number of nitrogens with two attached hydrogens (primary N) is 1. The van der Waals surface area contributed by atoms with E-state index in [1.807, 2.05) is 0 Å². The fraction of sp³-hybridized carbons (Fsp3) is 0.909. The Bertz CT molecular complexity index is 218. The molecule has 5 heteroatoms. The van der Waals surface area contributed by atoms with Crippen molar-refractivity contribution in [2.75, 3.05) is 32.8 Å². The summed E-state index contributed by atoms with van der Waals surface area (Å²) in [5.41, 5.74) is 5.68. The molecule has 0 atom stereocenters. The van der Waals surface area contributed by atoms with E-state index >= 15 is 0 Å². The number of amides is 1. The molecule has 0 heterocycles. The van der Waals surface area contributed by atoms with E-state index in [1.54, 1.807) is 0 Å². The van der Waals surface area contributed by atoms with Crippen LogP contribution in [-0.4, -0.2) is 53.9 Å². The largest absolute Gasteiger partial charge is 0.395 e. The molecular formula is C11H22N2O3. The fourth-order valence-electron chi connectivity index (χ4n) is 2.17. The van der Waals surface area contributed by atoms with Gasteiger partial charge in [0, 0.05) is 19.5 Å². The zero-order chi connectivity index (χ0) is 12.0. The van der Waals surface area contributed by atoms with Gasteiger partial charge in [0.1, 0.15) is 0 Å². The van der Waals surface area contributed by atoms with Gasteiger partial charge in [-0.2, -0.15) is 0 Å². The van der Waals surface area contributed by atoms with Crippen molar-refractivity contribution in [1.82, 2.24) is 4.90 Å². The van der Waals surface area contributed by atoms with Crippen molar-refractivity contribution in [1.29, 1.82) is 0 Å². The summed E-state index contributed by atoms with van der Waals surface area (Å²) >= 11 is 0. The van der Waals surface area contributed by atoms with E-state index < -0.39 is 0 Å². The summed E-state index contributed by atoms with van der Waals surface area (Å²) in [7, 11) is 0. The molecule has 0 aromatic rings. The van der Waals surface area contributed by atoms with Crippen molar-refractivity contribution in [3.63, 3.8) is 0 Å². The number of rotatable bonds is 7. The van der Waals surface area contributed by atoms with Crippen LogP contribution in [0.25, 0.3) is 0 Å². The van der Waals surface area contributed by atoms with Crippen molar-refractivity contribution < 1.29 is 15.0 Å². The van der Waals surface area contributed by atoms with Crippen molar-refractivity contribution >= 4 is 5.91 Å². The van der Waals surface area contributed by atoms with Gasteiger partial charge in [-0.1, -0.05) is 6.42 Å². The number of carbonyl (C=O) groups is 1. The third-order valence-electron chi connectivity index (χ3n) is 3.47. The molecule has 0 radical (unpaired) electrons. The van der Waals surface area contributed by atoms with Gasteiger partial charge in [0.2, 0.25) is 5.91 Å². The first-order chi connectivity index (χ1) is 7.67. The Morgan fingerprint density at radius 3 is 2.12 bits per heavy atom.